The van der Waals surface area contributed by atoms with Crippen molar-refractivity contribution >= 4 is 41.0 Å². The van der Waals surface area contributed by atoms with Crippen molar-refractivity contribution < 1.29 is 67.0 Å². The number of aromatic nitrogens is 1. The number of aliphatic carboxylic acids is 2. The van der Waals surface area contributed by atoms with E-state index in [0.29, 0.717) is 23.1 Å². The standard InChI is InChI=1S/C32H34N4O8.C2HF3O2/c1-42-31(40)24(34-29(37)23(33)17-20-9-4-2-5-10-20)15-16-27-36-28-22(13-8-14-26(28)44-27)18-25(30(38)39)35-32(41)43-19-21-11-6-3-7-12-21;3-2(4,5)1(6)7/h2-14,23-25H,15-19,33H2,1H3,(H,34,37)(H,35,41)(H,38,39);(H,6,7)/t23-,24-,25-;/m0./s1. The average Bonchev–Trinajstić information content (AvgIpc) is 3.53. The Bertz CT molecular complexity index is 1790. The van der Waals surface area contributed by atoms with E-state index >= 15 is 0 Å². The van der Waals surface area contributed by atoms with Gasteiger partial charge in [0.1, 0.15) is 30.2 Å². The van der Waals surface area contributed by atoms with Crippen LogP contribution in [-0.4, -0.2) is 71.4 Å². The Labute approximate surface area is 288 Å². The molecular weight excluding hydrogens is 681 g/mol. The zero-order valence-corrected chi connectivity index (χ0v) is 27.2. The summed E-state index contributed by atoms with van der Waals surface area (Å²) in [6, 6.07) is 20.7. The van der Waals surface area contributed by atoms with E-state index in [1.165, 1.54) is 7.11 Å². The summed E-state index contributed by atoms with van der Waals surface area (Å²) in [7, 11) is 1.24. The summed E-state index contributed by atoms with van der Waals surface area (Å²) in [5, 5.41) is 23.7. The van der Waals surface area contributed by atoms with Crippen molar-refractivity contribution in [3.63, 3.8) is 0 Å². The van der Waals surface area contributed by atoms with Gasteiger partial charge in [-0.1, -0.05) is 72.8 Å². The molecule has 0 aliphatic rings. The van der Waals surface area contributed by atoms with Gasteiger partial charge in [0.15, 0.2) is 17.5 Å². The fraction of sp³-hybridized carbons (Fsp3) is 0.294. The smallest absolute Gasteiger partial charge is 0.430 e. The van der Waals surface area contributed by atoms with E-state index in [9.17, 15) is 37.5 Å². The van der Waals surface area contributed by atoms with Gasteiger partial charge in [0.2, 0.25) is 0 Å². The number of alkyl carbamates (subject to hydrolysis) is 1. The molecular formula is C34H35F3N4O10. The molecule has 0 fully saturated rings. The minimum atomic E-state index is -5.19. The van der Waals surface area contributed by atoms with Crippen LogP contribution in [0.25, 0.3) is 11.1 Å². The highest BCUT2D eigenvalue weighted by atomic mass is 19.4. The van der Waals surface area contributed by atoms with E-state index in [2.05, 4.69) is 21.4 Å². The van der Waals surface area contributed by atoms with Crippen LogP contribution in [0.1, 0.15) is 29.0 Å². The zero-order valence-electron chi connectivity index (χ0n) is 27.2. The molecule has 0 bridgehead atoms. The zero-order chi connectivity index (χ0) is 37.6. The van der Waals surface area contributed by atoms with Crippen molar-refractivity contribution in [3.8, 4) is 0 Å². The predicted molar refractivity (Wildman–Crippen MR) is 169 cm³/mol. The second-order valence-electron chi connectivity index (χ2n) is 11.0. The van der Waals surface area contributed by atoms with Crippen LogP contribution in [0.3, 0.4) is 0 Å². The maximum absolute atomic E-state index is 12.8. The van der Waals surface area contributed by atoms with Gasteiger partial charge in [-0.25, -0.2) is 19.4 Å². The van der Waals surface area contributed by atoms with Crippen LogP contribution in [0.2, 0.25) is 0 Å². The summed E-state index contributed by atoms with van der Waals surface area (Å²) in [5.41, 5.74) is 7.02. The summed E-state index contributed by atoms with van der Waals surface area (Å²) in [4.78, 5) is 62.9. The number of para-hydroxylation sites is 1. The number of halogens is 3. The molecule has 0 radical (unpaired) electrons. The second-order valence-corrected chi connectivity index (χ2v) is 11.0. The number of nitrogens with one attached hydrogen (secondary N) is 2. The molecule has 14 nitrogen and oxygen atoms in total. The van der Waals surface area contributed by atoms with Crippen LogP contribution < -0.4 is 21.5 Å². The lowest BCUT2D eigenvalue weighted by molar-refractivity contribution is -0.403. The van der Waals surface area contributed by atoms with Crippen LogP contribution in [-0.2, 0) is 54.5 Å². The molecule has 3 atom stereocenters. The molecule has 0 spiro atoms. The minimum absolute atomic E-state index is 0.00326. The van der Waals surface area contributed by atoms with Gasteiger partial charge in [0, 0.05) is 19.3 Å². The summed E-state index contributed by atoms with van der Waals surface area (Å²) in [6.07, 6.45) is -5.40. The maximum atomic E-state index is 12.8. The Kier molecular flexibility index (Phi) is 14.5. The van der Waals surface area contributed by atoms with Crippen molar-refractivity contribution in [3.05, 3.63) is 101 Å². The third-order valence-electron chi connectivity index (χ3n) is 7.15. The number of carbonyl (C=O) groups is 5. The highest BCUT2D eigenvalue weighted by Gasteiger charge is 2.29. The molecule has 2 amide bonds. The molecule has 6 N–H and O–H groups in total. The van der Waals surface area contributed by atoms with E-state index < -0.39 is 54.2 Å². The fourth-order valence-corrected chi connectivity index (χ4v) is 4.59. The van der Waals surface area contributed by atoms with Gasteiger partial charge in [-0.3, -0.25) is 4.79 Å². The van der Waals surface area contributed by atoms with Gasteiger partial charge in [-0.15, -0.1) is 0 Å². The third-order valence-corrected chi connectivity index (χ3v) is 7.15. The number of benzene rings is 3. The molecule has 1 aromatic heterocycles. The molecule has 0 aliphatic carbocycles. The van der Waals surface area contributed by atoms with Crippen molar-refractivity contribution in [2.75, 3.05) is 7.11 Å². The molecule has 0 unspecified atom stereocenters. The fourth-order valence-electron chi connectivity index (χ4n) is 4.59. The van der Waals surface area contributed by atoms with Crippen molar-refractivity contribution in [1.82, 2.24) is 15.6 Å². The van der Waals surface area contributed by atoms with E-state index in [1.807, 2.05) is 36.4 Å². The van der Waals surface area contributed by atoms with E-state index in [0.717, 1.165) is 11.1 Å². The molecule has 51 heavy (non-hydrogen) atoms. The lowest BCUT2D eigenvalue weighted by Crippen LogP contribution is -2.69. The Morgan fingerprint density at radius 1 is 0.902 bits per heavy atom. The highest BCUT2D eigenvalue weighted by molar-refractivity contribution is 5.87. The van der Waals surface area contributed by atoms with Gasteiger partial charge >= 0.3 is 24.2 Å². The number of hydrogen-bond acceptors (Lipinski definition) is 10. The first-order valence-corrected chi connectivity index (χ1v) is 15.3. The number of fused-ring (bicyclic) bond motifs is 1. The number of nitrogens with zero attached hydrogens (tertiary/aromatic N) is 1. The topological polar surface area (TPSA) is 225 Å². The largest absolute Gasteiger partial charge is 0.542 e. The van der Waals surface area contributed by atoms with Crippen LogP contribution in [0.15, 0.2) is 83.3 Å². The maximum Gasteiger partial charge on any atom is 0.430 e. The quantitative estimate of drug-likeness (QED) is 0.137. The number of methoxy groups -OCH3 is 1. The summed E-state index contributed by atoms with van der Waals surface area (Å²) >= 11 is 0. The summed E-state index contributed by atoms with van der Waals surface area (Å²) in [6.45, 7) is -0.00326. The first kappa shape index (κ1) is 39.5. The van der Waals surface area contributed by atoms with Crippen LogP contribution in [0.4, 0.5) is 18.0 Å². The molecule has 0 aliphatic heterocycles. The summed E-state index contributed by atoms with van der Waals surface area (Å²) < 4.78 is 47.5. The van der Waals surface area contributed by atoms with E-state index in [-0.39, 0.29) is 31.8 Å². The van der Waals surface area contributed by atoms with Crippen molar-refractivity contribution in [2.45, 2.75) is 56.6 Å². The molecule has 4 aromatic rings. The average molecular weight is 717 g/mol. The number of esters is 1. The second kappa shape index (κ2) is 18.7. The van der Waals surface area contributed by atoms with Crippen LogP contribution in [0.5, 0.6) is 0 Å². The van der Waals surface area contributed by atoms with Gasteiger partial charge < -0.3 is 45.3 Å². The number of ether oxygens (including phenoxy) is 2. The van der Waals surface area contributed by atoms with Crippen LogP contribution >= 0.6 is 0 Å². The number of carboxylic acid groups (broad SMARTS) is 2. The van der Waals surface area contributed by atoms with Crippen LogP contribution in [0, 0.1) is 0 Å². The van der Waals surface area contributed by atoms with Crippen molar-refractivity contribution in [2.24, 2.45) is 0 Å². The highest BCUT2D eigenvalue weighted by Crippen LogP contribution is 2.22. The number of quaternary nitrogens is 1. The molecule has 3 aromatic carbocycles. The number of rotatable bonds is 14. The lowest BCUT2D eigenvalue weighted by atomic mass is 10.0. The molecule has 0 saturated heterocycles. The molecule has 4 rings (SSSR count). The normalized spacial score (nSPS) is 12.7. The lowest BCUT2D eigenvalue weighted by Gasteiger charge is -2.17. The van der Waals surface area contributed by atoms with Crippen molar-refractivity contribution in [1.29, 1.82) is 0 Å². The molecule has 0 saturated carbocycles. The first-order chi connectivity index (χ1) is 24.2. The SMILES string of the molecule is COC(=O)[C@H](CCc1nc2c(C[C@H](NC(=O)OCc3ccccc3)C(=O)O)cccc2o1)NC(=O)[C@@H]([NH3+])Cc1ccccc1.O=C([O-])C(F)(F)F. The number of amides is 2. The Morgan fingerprint density at radius 3 is 2.08 bits per heavy atom. The predicted octanol–water partition coefficient (Wildman–Crippen LogP) is 1.49. The Balaban J connectivity index is 0.000000908. The van der Waals surface area contributed by atoms with Gasteiger partial charge in [0.25, 0.3) is 5.91 Å². The number of carbonyl (C=O) groups excluding carboxylic acids is 4. The van der Waals surface area contributed by atoms with Gasteiger partial charge in [0.05, 0.1) is 7.11 Å². The molecule has 272 valence electrons. The first-order valence-electron chi connectivity index (χ1n) is 15.3. The van der Waals surface area contributed by atoms with Gasteiger partial charge in [-0.05, 0) is 29.2 Å². The van der Waals surface area contributed by atoms with E-state index in [4.69, 9.17) is 23.8 Å². The minimum Gasteiger partial charge on any atom is -0.542 e. The number of hydrogen-bond donors (Lipinski definition) is 4. The number of carboxylic acids is 2. The number of aryl methyl sites for hydroxylation is 1. The summed E-state index contributed by atoms with van der Waals surface area (Å²) in [5.74, 6) is -4.97. The van der Waals surface area contributed by atoms with E-state index in [1.54, 1.807) is 42.5 Å². The van der Waals surface area contributed by atoms with Gasteiger partial charge in [-0.2, -0.15) is 13.2 Å². The number of oxazole rings is 1. The Morgan fingerprint density at radius 2 is 1.51 bits per heavy atom. The third kappa shape index (κ3) is 12.8. The number of alkyl halides is 3. The monoisotopic (exact) mass is 716 g/mol. The molecule has 1 heterocycles. The Hall–Kier alpha value is -5.97. The molecule has 17 heteroatoms.